The Bertz CT molecular complexity index is 350. The maximum absolute atomic E-state index is 12.0. The lowest BCUT2D eigenvalue weighted by Gasteiger charge is -2.32. The van der Waals surface area contributed by atoms with Crippen molar-refractivity contribution in [2.75, 3.05) is 0 Å². The molecule has 6 rings (SSSR count). The van der Waals surface area contributed by atoms with Gasteiger partial charge in [0, 0.05) is 16.7 Å². The predicted molar refractivity (Wildman–Crippen MR) is 50.3 cm³/mol. The molecule has 0 aromatic carbocycles. The molecule has 0 aliphatic heterocycles. The average Bonchev–Trinajstić information content (AvgIpc) is 2.78. The molecule has 6 aliphatic rings. The van der Waals surface area contributed by atoms with Gasteiger partial charge in [-0.05, 0) is 41.9 Å². The summed E-state index contributed by atoms with van der Waals surface area (Å²) in [6.45, 7) is 0. The maximum Gasteiger partial charge on any atom is 0.140 e. The zero-order valence-electron chi connectivity index (χ0n) is 7.19. The van der Waals surface area contributed by atoms with E-state index in [9.17, 15) is 4.79 Å². The van der Waals surface area contributed by atoms with Crippen LogP contribution in [0.4, 0.5) is 0 Å². The number of carbonyl (C=O) groups is 1. The third-order valence-corrected chi connectivity index (χ3v) is 7.24. The van der Waals surface area contributed by atoms with Crippen molar-refractivity contribution in [2.45, 2.75) is 11.2 Å². The van der Waals surface area contributed by atoms with E-state index in [1.165, 1.54) is 6.42 Å². The number of halogens is 1. The fourth-order valence-electron chi connectivity index (χ4n) is 6.20. The first-order valence-electron chi connectivity index (χ1n) is 5.48. The van der Waals surface area contributed by atoms with Gasteiger partial charge in [0.2, 0.25) is 0 Å². The Morgan fingerprint density at radius 2 is 1.77 bits per heavy atom. The van der Waals surface area contributed by atoms with Gasteiger partial charge >= 0.3 is 0 Å². The molecule has 0 spiro atoms. The highest BCUT2D eigenvalue weighted by Gasteiger charge is 2.83. The summed E-state index contributed by atoms with van der Waals surface area (Å²) in [5.41, 5.74) is 0. The molecule has 6 fully saturated rings. The molecule has 0 unspecified atom stereocenters. The van der Waals surface area contributed by atoms with E-state index in [1.54, 1.807) is 0 Å². The number of Topliss-reactive ketones (excluding diaryl/α,β-unsaturated/α-hetero) is 1. The number of ketones is 1. The van der Waals surface area contributed by atoms with Crippen LogP contribution in [0.25, 0.3) is 0 Å². The van der Waals surface area contributed by atoms with Gasteiger partial charge in [0.15, 0.2) is 0 Å². The van der Waals surface area contributed by atoms with Crippen LogP contribution in [-0.2, 0) is 4.79 Å². The summed E-state index contributed by atoms with van der Waals surface area (Å²) in [6, 6.07) is 0. The van der Waals surface area contributed by atoms with E-state index in [2.05, 4.69) is 15.9 Å². The van der Waals surface area contributed by atoms with E-state index in [4.69, 9.17) is 0 Å². The SMILES string of the molecule is O=C1[C@@H]2[C@@H]3C[C@@H]4[C@@H]5[C@@H](Br)[C@@H]([C@@H]1[C@@H]35)[C@@H]42. The summed E-state index contributed by atoms with van der Waals surface area (Å²) < 4.78 is 0. The van der Waals surface area contributed by atoms with E-state index in [0.29, 0.717) is 17.6 Å². The van der Waals surface area contributed by atoms with Crippen LogP contribution in [-0.4, -0.2) is 10.6 Å². The minimum Gasteiger partial charge on any atom is -0.299 e. The Balaban J connectivity index is 1.90. The van der Waals surface area contributed by atoms with Crippen LogP contribution in [0, 0.1) is 47.3 Å². The van der Waals surface area contributed by atoms with Gasteiger partial charge in [0.05, 0.1) is 0 Å². The van der Waals surface area contributed by atoms with Crippen molar-refractivity contribution in [1.82, 2.24) is 0 Å². The normalized spacial score (nSPS) is 79.8. The first-order valence-corrected chi connectivity index (χ1v) is 6.40. The van der Waals surface area contributed by atoms with Crippen molar-refractivity contribution in [2.24, 2.45) is 47.3 Å². The monoisotopic (exact) mass is 238 g/mol. The fourth-order valence-corrected chi connectivity index (χ4v) is 7.62. The van der Waals surface area contributed by atoms with Crippen LogP contribution in [0.2, 0.25) is 0 Å². The lowest BCUT2D eigenvalue weighted by atomic mass is 9.71. The van der Waals surface area contributed by atoms with Crippen molar-refractivity contribution in [3.63, 3.8) is 0 Å². The molecule has 1 nitrogen and oxygen atoms in total. The Hall–Kier alpha value is 0.150. The zero-order chi connectivity index (χ0) is 8.48. The first kappa shape index (κ1) is 6.60. The van der Waals surface area contributed by atoms with Crippen LogP contribution in [0.1, 0.15) is 6.42 Å². The van der Waals surface area contributed by atoms with Crippen molar-refractivity contribution in [3.8, 4) is 0 Å². The molecule has 0 N–H and O–H groups in total. The quantitative estimate of drug-likeness (QED) is 0.588. The molecule has 6 aliphatic carbocycles. The van der Waals surface area contributed by atoms with E-state index in [1.807, 2.05) is 0 Å². The summed E-state index contributed by atoms with van der Waals surface area (Å²) in [5.74, 6) is 6.90. The fraction of sp³-hybridized carbons (Fsp3) is 0.909. The third-order valence-electron chi connectivity index (χ3n) is 6.01. The van der Waals surface area contributed by atoms with Crippen molar-refractivity contribution in [3.05, 3.63) is 0 Å². The summed E-state index contributed by atoms with van der Waals surface area (Å²) in [7, 11) is 0. The second-order valence-electron chi connectivity index (χ2n) is 5.77. The van der Waals surface area contributed by atoms with Gasteiger partial charge in [0.25, 0.3) is 0 Å². The number of hydrogen-bond acceptors (Lipinski definition) is 1. The van der Waals surface area contributed by atoms with E-state index in [0.717, 1.165) is 40.3 Å². The van der Waals surface area contributed by atoms with Crippen LogP contribution < -0.4 is 0 Å². The molecule has 6 bridgehead atoms. The van der Waals surface area contributed by atoms with Crippen LogP contribution >= 0.6 is 15.9 Å². The number of alkyl halides is 1. The summed E-state index contributed by atoms with van der Waals surface area (Å²) in [4.78, 5) is 12.7. The summed E-state index contributed by atoms with van der Waals surface area (Å²) in [5, 5.41) is 0. The Labute approximate surface area is 85.4 Å². The van der Waals surface area contributed by atoms with E-state index >= 15 is 0 Å². The van der Waals surface area contributed by atoms with Crippen LogP contribution in [0.3, 0.4) is 0 Å². The summed E-state index contributed by atoms with van der Waals surface area (Å²) in [6.07, 6.45) is 1.41. The molecule has 0 aromatic rings. The molecular formula is C11H11BrO. The van der Waals surface area contributed by atoms with Crippen LogP contribution in [0.15, 0.2) is 0 Å². The van der Waals surface area contributed by atoms with E-state index < -0.39 is 0 Å². The largest absolute Gasteiger partial charge is 0.299 e. The molecule has 2 heteroatoms. The van der Waals surface area contributed by atoms with Gasteiger partial charge in [-0.3, -0.25) is 4.79 Å². The van der Waals surface area contributed by atoms with Crippen molar-refractivity contribution < 1.29 is 4.79 Å². The molecule has 0 amide bonds. The van der Waals surface area contributed by atoms with Gasteiger partial charge in [-0.2, -0.15) is 0 Å². The van der Waals surface area contributed by atoms with Crippen LogP contribution in [0.5, 0.6) is 0 Å². The Morgan fingerprint density at radius 1 is 1.00 bits per heavy atom. The van der Waals surface area contributed by atoms with Crippen molar-refractivity contribution in [1.29, 1.82) is 0 Å². The predicted octanol–water partition coefficient (Wildman–Crippen LogP) is 1.71. The number of rotatable bonds is 0. The topological polar surface area (TPSA) is 17.1 Å². The number of hydrogen-bond donors (Lipinski definition) is 0. The molecule has 0 radical (unpaired) electrons. The molecule has 6 saturated carbocycles. The van der Waals surface area contributed by atoms with Gasteiger partial charge in [0.1, 0.15) is 5.78 Å². The molecule has 9 atom stereocenters. The highest BCUT2D eigenvalue weighted by Crippen LogP contribution is 2.82. The third kappa shape index (κ3) is 0.397. The van der Waals surface area contributed by atoms with E-state index in [-0.39, 0.29) is 0 Å². The van der Waals surface area contributed by atoms with Gasteiger partial charge in [-0.15, -0.1) is 0 Å². The highest BCUT2D eigenvalue weighted by molar-refractivity contribution is 9.09. The molecule has 0 heterocycles. The minimum atomic E-state index is 0.521. The van der Waals surface area contributed by atoms with Crippen molar-refractivity contribution >= 4 is 21.7 Å². The number of carbonyl (C=O) groups excluding carboxylic acids is 1. The molecule has 0 aromatic heterocycles. The second kappa shape index (κ2) is 1.56. The Kier molecular flexibility index (Phi) is 0.790. The standard InChI is InChI=1S/C11H11BrO/c12-10-6-2-1-3-4(6)9-8(10)5(2)7(3)11(9)13/h2-10H,1H2/t2-,3+,4-,5-,6-,7+,8+,9-,10+/m0/s1. The van der Waals surface area contributed by atoms with Gasteiger partial charge in [-0.1, -0.05) is 15.9 Å². The smallest absolute Gasteiger partial charge is 0.140 e. The minimum absolute atomic E-state index is 0.521. The van der Waals surface area contributed by atoms with Gasteiger partial charge in [-0.25, -0.2) is 0 Å². The lowest BCUT2D eigenvalue weighted by molar-refractivity contribution is -0.122. The lowest BCUT2D eigenvalue weighted by Crippen LogP contribution is -2.30. The molecular weight excluding hydrogens is 228 g/mol. The Morgan fingerprint density at radius 3 is 2.54 bits per heavy atom. The molecule has 0 saturated heterocycles. The zero-order valence-corrected chi connectivity index (χ0v) is 8.78. The maximum atomic E-state index is 12.0. The molecule has 13 heavy (non-hydrogen) atoms. The highest BCUT2D eigenvalue weighted by atomic mass is 79.9. The summed E-state index contributed by atoms with van der Waals surface area (Å²) >= 11 is 3.86. The molecule has 68 valence electrons. The second-order valence-corrected chi connectivity index (χ2v) is 6.83. The first-order chi connectivity index (χ1) is 6.30. The average molecular weight is 239 g/mol. The van der Waals surface area contributed by atoms with Gasteiger partial charge < -0.3 is 0 Å².